The third-order valence-corrected chi connectivity index (χ3v) is 5.63. The molecule has 0 N–H and O–H groups in total. The van der Waals surface area contributed by atoms with Crippen molar-refractivity contribution in [2.24, 2.45) is 0 Å². The average Bonchev–Trinajstić information content (AvgIpc) is 2.68. The molecule has 0 aromatic heterocycles. The Kier molecular flexibility index (Phi) is 4.93. The van der Waals surface area contributed by atoms with Crippen molar-refractivity contribution in [2.45, 2.75) is 52.4 Å². The molecule has 132 valence electrons. The number of aryl methyl sites for hydroxylation is 2. The molecule has 3 aromatic rings. The van der Waals surface area contributed by atoms with Crippen LogP contribution < -0.4 is 0 Å². The molecule has 0 fully saturated rings. The predicted molar refractivity (Wildman–Crippen MR) is 111 cm³/mol. The van der Waals surface area contributed by atoms with Gasteiger partial charge in [-0.1, -0.05) is 87.4 Å². The van der Waals surface area contributed by atoms with Crippen molar-refractivity contribution in [1.82, 2.24) is 0 Å². The Balaban J connectivity index is 1.87. The van der Waals surface area contributed by atoms with E-state index in [-0.39, 0.29) is 0 Å². The summed E-state index contributed by atoms with van der Waals surface area (Å²) in [4.78, 5) is 0. The van der Waals surface area contributed by atoms with Crippen LogP contribution in [0, 0.1) is 20.9 Å². The molecule has 0 spiro atoms. The second-order valence-electron chi connectivity index (χ2n) is 7.47. The zero-order valence-electron chi connectivity index (χ0n) is 16.0. The van der Waals surface area contributed by atoms with E-state index in [0.29, 0.717) is 0 Å². The topological polar surface area (TPSA) is 0 Å². The lowest BCUT2D eigenvalue weighted by molar-refractivity contribution is 0.781. The highest BCUT2D eigenvalue weighted by molar-refractivity contribution is 5.70. The average molecular weight is 341 g/mol. The second-order valence-corrected chi connectivity index (χ2v) is 7.47. The van der Waals surface area contributed by atoms with E-state index in [2.05, 4.69) is 74.5 Å². The largest absolute Gasteiger partial charge is 0.0654 e. The summed E-state index contributed by atoms with van der Waals surface area (Å²) >= 11 is 0. The number of fused-ring (bicyclic) bond motifs is 2. The third kappa shape index (κ3) is 2.98. The molecule has 4 rings (SSSR count). The molecule has 0 atom stereocenters. The van der Waals surface area contributed by atoms with Gasteiger partial charge in [0, 0.05) is 0 Å². The maximum atomic E-state index is 2.48. The normalized spacial score (nSPS) is 11.6. The second kappa shape index (κ2) is 7.50. The molecule has 26 heavy (non-hydrogen) atoms. The molecule has 0 heterocycles. The first kappa shape index (κ1) is 17.1. The van der Waals surface area contributed by atoms with Crippen LogP contribution in [0.1, 0.15) is 50.7 Å². The van der Waals surface area contributed by atoms with Gasteiger partial charge < -0.3 is 0 Å². The first-order chi connectivity index (χ1) is 12.8. The molecule has 3 aromatic carbocycles. The fraction of sp³-hybridized carbons (Fsp3) is 0.308. The highest BCUT2D eigenvalue weighted by Crippen LogP contribution is 2.30. The fourth-order valence-electron chi connectivity index (χ4n) is 4.19. The summed E-state index contributed by atoms with van der Waals surface area (Å²) in [7, 11) is 0. The molecule has 0 bridgehead atoms. The molecule has 0 nitrogen and oxygen atoms in total. The third-order valence-electron chi connectivity index (χ3n) is 5.63. The number of unbranched alkanes of at least 4 members (excludes halogenated alkanes) is 2. The number of benzene rings is 3. The van der Waals surface area contributed by atoms with Crippen molar-refractivity contribution in [3.05, 3.63) is 92.7 Å². The van der Waals surface area contributed by atoms with Gasteiger partial charge in [-0.15, -0.1) is 0 Å². The standard InChI is InChI=1S/C26H28/c1-3-5-10-19-16-17-21(20(18-19)11-6-4-2)23-14-9-15-25-22-12-7-8-13-24(22)26(23)25/h7-9,12-18H,3-6,10-11H2,1-2H3. The van der Waals surface area contributed by atoms with Gasteiger partial charge in [-0.25, -0.2) is 0 Å². The highest BCUT2D eigenvalue weighted by Gasteiger charge is 2.12. The molecular weight excluding hydrogens is 312 g/mol. The van der Waals surface area contributed by atoms with Crippen molar-refractivity contribution >= 4 is 0 Å². The van der Waals surface area contributed by atoms with Crippen LogP contribution in [0.25, 0.3) is 11.1 Å². The summed E-state index contributed by atoms with van der Waals surface area (Å²) < 4.78 is 0. The Hall–Kier alpha value is -2.34. The Morgan fingerprint density at radius 1 is 0.615 bits per heavy atom. The van der Waals surface area contributed by atoms with Gasteiger partial charge in [0.05, 0.1) is 0 Å². The summed E-state index contributed by atoms with van der Waals surface area (Å²) in [5.74, 6) is 0. The monoisotopic (exact) mass is 340 g/mol. The van der Waals surface area contributed by atoms with Gasteiger partial charge in [0.15, 0.2) is 0 Å². The molecule has 0 radical (unpaired) electrons. The van der Waals surface area contributed by atoms with E-state index in [1.54, 1.807) is 0 Å². The molecule has 0 unspecified atom stereocenters. The van der Waals surface area contributed by atoms with Gasteiger partial charge in [-0.2, -0.15) is 0 Å². The molecular formula is C26H28. The first-order valence-corrected chi connectivity index (χ1v) is 10.2. The van der Waals surface area contributed by atoms with Crippen LogP contribution >= 0.6 is 0 Å². The zero-order chi connectivity index (χ0) is 17.9. The van der Waals surface area contributed by atoms with Crippen LogP contribution in [0.5, 0.6) is 0 Å². The van der Waals surface area contributed by atoms with Crippen molar-refractivity contribution < 1.29 is 0 Å². The van der Waals surface area contributed by atoms with Gasteiger partial charge in [0.25, 0.3) is 0 Å². The van der Waals surface area contributed by atoms with Gasteiger partial charge >= 0.3 is 0 Å². The van der Waals surface area contributed by atoms with E-state index in [0.717, 1.165) is 0 Å². The lowest BCUT2D eigenvalue weighted by Gasteiger charge is -2.15. The smallest absolute Gasteiger partial charge is 0.00203 e. The summed E-state index contributed by atoms with van der Waals surface area (Å²) in [5, 5.41) is 5.67. The van der Waals surface area contributed by atoms with Gasteiger partial charge in [0.2, 0.25) is 0 Å². The fourth-order valence-corrected chi connectivity index (χ4v) is 4.19. The van der Waals surface area contributed by atoms with E-state index in [9.17, 15) is 0 Å². The van der Waals surface area contributed by atoms with Crippen LogP contribution in [0.15, 0.2) is 60.7 Å². The number of rotatable bonds is 7. The van der Waals surface area contributed by atoms with Crippen LogP contribution in [0.2, 0.25) is 0 Å². The van der Waals surface area contributed by atoms with Crippen molar-refractivity contribution in [1.29, 1.82) is 0 Å². The maximum Gasteiger partial charge on any atom is -0.00203 e. The molecule has 1 aliphatic rings. The molecule has 0 amide bonds. The van der Waals surface area contributed by atoms with E-state index in [1.165, 1.54) is 81.7 Å². The number of hydrogen-bond donors (Lipinski definition) is 0. The van der Waals surface area contributed by atoms with Gasteiger partial charge in [-0.3, -0.25) is 0 Å². The van der Waals surface area contributed by atoms with Crippen LogP contribution in [-0.4, -0.2) is 0 Å². The van der Waals surface area contributed by atoms with Crippen molar-refractivity contribution in [3.8, 4) is 11.1 Å². The molecule has 0 heteroatoms. The minimum Gasteiger partial charge on any atom is -0.0654 e. The lowest BCUT2D eigenvalue weighted by Crippen LogP contribution is -1.98. The Morgan fingerprint density at radius 2 is 1.35 bits per heavy atom. The highest BCUT2D eigenvalue weighted by atomic mass is 14.2. The molecule has 1 aliphatic carbocycles. The maximum absolute atomic E-state index is 2.48. The van der Waals surface area contributed by atoms with E-state index < -0.39 is 0 Å². The van der Waals surface area contributed by atoms with E-state index in [4.69, 9.17) is 0 Å². The summed E-state index contributed by atoms with van der Waals surface area (Å²) in [6.07, 6.45) is 7.42. The summed E-state index contributed by atoms with van der Waals surface area (Å²) in [6, 6.07) is 22.8. The van der Waals surface area contributed by atoms with Crippen LogP contribution in [0.3, 0.4) is 0 Å². The minimum absolute atomic E-state index is 1.18. The SMILES string of the molecule is CCCCc1ccc(-c2cccc3c2=c2ccccc2=3)c(CCCC)c1. The summed E-state index contributed by atoms with van der Waals surface area (Å²) in [6.45, 7) is 4.56. The quantitative estimate of drug-likeness (QED) is 0.342. The zero-order valence-corrected chi connectivity index (χ0v) is 16.0. The Bertz CT molecular complexity index is 1110. The van der Waals surface area contributed by atoms with Crippen molar-refractivity contribution in [2.75, 3.05) is 0 Å². The van der Waals surface area contributed by atoms with Crippen molar-refractivity contribution in [3.63, 3.8) is 0 Å². The van der Waals surface area contributed by atoms with E-state index >= 15 is 0 Å². The molecule has 0 saturated carbocycles. The number of hydrogen-bond acceptors (Lipinski definition) is 0. The Labute approximate surface area is 156 Å². The first-order valence-electron chi connectivity index (χ1n) is 10.2. The summed E-state index contributed by atoms with van der Waals surface area (Å²) in [5.41, 5.74) is 5.87. The van der Waals surface area contributed by atoms with Crippen LogP contribution in [0.4, 0.5) is 0 Å². The molecule has 0 saturated heterocycles. The van der Waals surface area contributed by atoms with Gasteiger partial charge in [0.1, 0.15) is 0 Å². The van der Waals surface area contributed by atoms with Gasteiger partial charge in [-0.05, 0) is 68.8 Å². The molecule has 0 aliphatic heterocycles. The predicted octanol–water partition coefficient (Wildman–Crippen LogP) is 6.93. The van der Waals surface area contributed by atoms with Crippen LogP contribution in [-0.2, 0) is 12.8 Å². The lowest BCUT2D eigenvalue weighted by atomic mass is 9.88. The van der Waals surface area contributed by atoms with E-state index in [1.807, 2.05) is 0 Å². The minimum atomic E-state index is 1.18. The Morgan fingerprint density at radius 3 is 2.15 bits per heavy atom.